The van der Waals surface area contributed by atoms with Crippen LogP contribution in [0.5, 0.6) is 0 Å². The van der Waals surface area contributed by atoms with E-state index < -0.39 is 23.4 Å². The summed E-state index contributed by atoms with van der Waals surface area (Å²) in [6.07, 6.45) is -2.48. The fourth-order valence-electron chi connectivity index (χ4n) is 3.65. The van der Waals surface area contributed by atoms with Crippen LogP contribution in [0.3, 0.4) is 0 Å². The van der Waals surface area contributed by atoms with E-state index >= 15 is 0 Å². The highest BCUT2D eigenvalue weighted by molar-refractivity contribution is 5.25. The number of rotatable bonds is 8. The first-order chi connectivity index (χ1) is 15.0. The second-order valence-electron chi connectivity index (χ2n) is 8.49. The van der Waals surface area contributed by atoms with Crippen LogP contribution in [0.1, 0.15) is 43.2 Å². The molecule has 1 aromatic heterocycles. The molecule has 0 bridgehead atoms. The Bertz CT molecular complexity index is 1000. The van der Waals surface area contributed by atoms with Gasteiger partial charge in [-0.05, 0) is 60.4 Å². The highest BCUT2D eigenvalue weighted by Gasteiger charge is 2.30. The second-order valence-corrected chi connectivity index (χ2v) is 8.49. The predicted molar refractivity (Wildman–Crippen MR) is 115 cm³/mol. The summed E-state index contributed by atoms with van der Waals surface area (Å²) in [6.45, 7) is 7.59. The summed E-state index contributed by atoms with van der Waals surface area (Å²) in [4.78, 5) is 2.15. The quantitative estimate of drug-likeness (QED) is 0.340. The van der Waals surface area contributed by atoms with Crippen LogP contribution in [-0.2, 0) is 25.8 Å². The maximum Gasteiger partial charge on any atom is 0.416 e. The van der Waals surface area contributed by atoms with Gasteiger partial charge in [0.15, 0.2) is 0 Å². The molecule has 7 heteroatoms. The van der Waals surface area contributed by atoms with Crippen LogP contribution in [0.2, 0.25) is 0 Å². The molecule has 0 saturated heterocycles. The van der Waals surface area contributed by atoms with Gasteiger partial charge in [-0.2, -0.15) is 13.2 Å². The minimum atomic E-state index is -4.36. The summed E-state index contributed by atoms with van der Waals surface area (Å²) >= 11 is 0. The number of nitrogens with zero attached hydrogens (tertiary/aromatic N) is 2. The largest absolute Gasteiger partial charge is 0.416 e. The SMILES string of the molecule is CC(C)[C@H](C)N(Cc1cc(F)cc(F)c1)Cc1cccn1Cc1ccc(C(F)(F)F)cc1. The summed E-state index contributed by atoms with van der Waals surface area (Å²) < 4.78 is 67.8. The second kappa shape index (κ2) is 9.86. The van der Waals surface area contributed by atoms with Crippen LogP contribution < -0.4 is 0 Å². The molecule has 0 N–H and O–H groups in total. The van der Waals surface area contributed by atoms with Gasteiger partial charge in [0, 0.05) is 43.6 Å². The molecule has 32 heavy (non-hydrogen) atoms. The van der Waals surface area contributed by atoms with Crippen molar-refractivity contribution in [1.82, 2.24) is 9.47 Å². The normalized spacial score (nSPS) is 13.2. The Balaban J connectivity index is 1.79. The van der Waals surface area contributed by atoms with Gasteiger partial charge in [-0.3, -0.25) is 4.90 Å². The summed E-state index contributed by atoms with van der Waals surface area (Å²) in [5, 5.41) is 0. The molecule has 0 radical (unpaired) electrons. The maximum absolute atomic E-state index is 13.7. The Hall–Kier alpha value is -2.67. The van der Waals surface area contributed by atoms with Crippen LogP contribution in [0.25, 0.3) is 0 Å². The molecule has 1 heterocycles. The highest BCUT2D eigenvalue weighted by atomic mass is 19.4. The summed E-state index contributed by atoms with van der Waals surface area (Å²) in [7, 11) is 0. The Morgan fingerprint density at radius 2 is 1.47 bits per heavy atom. The average Bonchev–Trinajstić information content (AvgIpc) is 3.12. The molecule has 0 unspecified atom stereocenters. The van der Waals surface area contributed by atoms with Crippen molar-refractivity contribution in [2.75, 3.05) is 0 Å². The van der Waals surface area contributed by atoms with Crippen molar-refractivity contribution in [1.29, 1.82) is 0 Å². The molecule has 0 aliphatic rings. The van der Waals surface area contributed by atoms with E-state index in [1.807, 2.05) is 22.9 Å². The lowest BCUT2D eigenvalue weighted by molar-refractivity contribution is -0.137. The van der Waals surface area contributed by atoms with Crippen LogP contribution in [-0.4, -0.2) is 15.5 Å². The first kappa shape index (κ1) is 24.0. The fourth-order valence-corrected chi connectivity index (χ4v) is 3.65. The van der Waals surface area contributed by atoms with E-state index in [2.05, 4.69) is 25.7 Å². The third-order valence-electron chi connectivity index (χ3n) is 5.77. The van der Waals surface area contributed by atoms with Crippen molar-refractivity contribution >= 4 is 0 Å². The van der Waals surface area contributed by atoms with Crippen LogP contribution in [0, 0.1) is 17.6 Å². The lowest BCUT2D eigenvalue weighted by Crippen LogP contribution is -2.36. The molecule has 2 nitrogen and oxygen atoms in total. The first-order valence-electron chi connectivity index (χ1n) is 10.5. The molecule has 0 spiro atoms. The molecule has 172 valence electrons. The number of halogens is 5. The standard InChI is InChI=1S/C25H27F5N2/c1-17(2)18(3)32(15-20-11-22(26)13-23(27)12-20)16-24-5-4-10-31(24)14-19-6-8-21(9-7-19)25(28,29)30/h4-13,17-18H,14-16H2,1-3H3/t18-/m0/s1. The minimum Gasteiger partial charge on any atom is -0.346 e. The smallest absolute Gasteiger partial charge is 0.346 e. The highest BCUT2D eigenvalue weighted by Crippen LogP contribution is 2.29. The molecule has 2 aromatic carbocycles. The van der Waals surface area contributed by atoms with Crippen molar-refractivity contribution in [2.45, 2.75) is 52.6 Å². The predicted octanol–water partition coefficient (Wildman–Crippen LogP) is 6.88. The van der Waals surface area contributed by atoms with Gasteiger partial charge in [0.1, 0.15) is 11.6 Å². The summed E-state index contributed by atoms with van der Waals surface area (Å²) in [6, 6.07) is 12.6. The number of hydrogen-bond donors (Lipinski definition) is 0. The Kier molecular flexibility index (Phi) is 7.39. The van der Waals surface area contributed by atoms with Crippen molar-refractivity contribution in [2.24, 2.45) is 5.92 Å². The van der Waals surface area contributed by atoms with Gasteiger partial charge in [-0.1, -0.05) is 26.0 Å². The Morgan fingerprint density at radius 3 is 2.03 bits per heavy atom. The monoisotopic (exact) mass is 450 g/mol. The van der Waals surface area contributed by atoms with E-state index in [1.54, 1.807) is 0 Å². The van der Waals surface area contributed by atoms with Gasteiger partial charge >= 0.3 is 6.18 Å². The Labute approximate surface area is 185 Å². The summed E-state index contributed by atoms with van der Waals surface area (Å²) in [5.74, 6) is -0.905. The van der Waals surface area contributed by atoms with Crippen LogP contribution in [0.4, 0.5) is 22.0 Å². The van der Waals surface area contributed by atoms with Crippen molar-refractivity contribution in [3.05, 3.63) is 94.8 Å². The van der Waals surface area contributed by atoms with Gasteiger partial charge in [0.25, 0.3) is 0 Å². The third-order valence-corrected chi connectivity index (χ3v) is 5.77. The van der Waals surface area contributed by atoms with Crippen molar-refractivity contribution in [3.63, 3.8) is 0 Å². The van der Waals surface area contributed by atoms with Gasteiger partial charge in [-0.15, -0.1) is 0 Å². The molecular formula is C25H27F5N2. The van der Waals surface area contributed by atoms with E-state index in [4.69, 9.17) is 0 Å². The van der Waals surface area contributed by atoms with Gasteiger partial charge in [0.05, 0.1) is 5.56 Å². The molecule has 0 saturated carbocycles. The minimum absolute atomic E-state index is 0.135. The molecule has 0 aliphatic heterocycles. The number of aromatic nitrogens is 1. The summed E-state index contributed by atoms with van der Waals surface area (Å²) in [5.41, 5.74) is 1.60. The molecular weight excluding hydrogens is 423 g/mol. The van der Waals surface area contributed by atoms with Crippen LogP contribution in [0.15, 0.2) is 60.8 Å². The fraction of sp³-hybridized carbons (Fsp3) is 0.360. The maximum atomic E-state index is 13.7. The van der Waals surface area contributed by atoms with Gasteiger partial charge in [-0.25, -0.2) is 8.78 Å². The Morgan fingerprint density at radius 1 is 0.844 bits per heavy atom. The molecule has 0 amide bonds. The molecule has 3 aromatic rings. The third kappa shape index (κ3) is 6.19. The zero-order valence-corrected chi connectivity index (χ0v) is 18.3. The zero-order chi connectivity index (χ0) is 23.5. The first-order valence-corrected chi connectivity index (χ1v) is 10.5. The molecule has 1 atom stereocenters. The van der Waals surface area contributed by atoms with E-state index in [-0.39, 0.29) is 6.04 Å². The number of benzene rings is 2. The van der Waals surface area contributed by atoms with E-state index in [0.29, 0.717) is 31.1 Å². The molecule has 3 rings (SSSR count). The van der Waals surface area contributed by atoms with Crippen LogP contribution >= 0.6 is 0 Å². The number of hydrogen-bond acceptors (Lipinski definition) is 1. The zero-order valence-electron chi connectivity index (χ0n) is 18.3. The van der Waals surface area contributed by atoms with Gasteiger partial charge in [0.2, 0.25) is 0 Å². The topological polar surface area (TPSA) is 8.17 Å². The van der Waals surface area contributed by atoms with Crippen molar-refractivity contribution < 1.29 is 22.0 Å². The average molecular weight is 450 g/mol. The van der Waals surface area contributed by atoms with E-state index in [9.17, 15) is 22.0 Å². The lowest BCUT2D eigenvalue weighted by Gasteiger charge is -2.32. The van der Waals surface area contributed by atoms with E-state index in [0.717, 1.165) is 29.5 Å². The molecule has 0 aliphatic carbocycles. The van der Waals surface area contributed by atoms with E-state index in [1.165, 1.54) is 24.3 Å². The van der Waals surface area contributed by atoms with Gasteiger partial charge < -0.3 is 4.57 Å². The number of alkyl halides is 3. The van der Waals surface area contributed by atoms with Crippen molar-refractivity contribution in [3.8, 4) is 0 Å². The lowest BCUT2D eigenvalue weighted by atomic mass is 10.0. The molecule has 0 fully saturated rings.